The topological polar surface area (TPSA) is 12.4 Å². The van der Waals surface area contributed by atoms with E-state index in [1.54, 1.807) is 22.7 Å². The predicted molar refractivity (Wildman–Crippen MR) is 75.6 cm³/mol. The molecule has 5 heteroatoms. The Bertz CT molecular complexity index is 543. The third kappa shape index (κ3) is 3.32. The quantitative estimate of drug-likeness (QED) is 0.720. The molecular formula is C11H11Cl2NS2. The van der Waals surface area contributed by atoms with E-state index in [-0.39, 0.29) is 12.4 Å². The van der Waals surface area contributed by atoms with Crippen LogP contribution in [0.1, 0.15) is 10.4 Å². The van der Waals surface area contributed by atoms with Crippen LogP contribution in [-0.2, 0) is 0 Å². The van der Waals surface area contributed by atoms with Crippen molar-refractivity contribution < 1.29 is 0 Å². The Morgan fingerprint density at radius 1 is 1.25 bits per heavy atom. The lowest BCUT2D eigenvalue weighted by molar-refractivity contribution is 1.36. The highest BCUT2D eigenvalue weighted by molar-refractivity contribution is 7.26. The second-order valence-corrected chi connectivity index (χ2v) is 6.04. The number of halogens is 2. The molecule has 0 amide bonds. The predicted octanol–water partition coefficient (Wildman–Crippen LogP) is 4.73. The van der Waals surface area contributed by atoms with Crippen LogP contribution in [0.5, 0.6) is 0 Å². The van der Waals surface area contributed by atoms with Crippen LogP contribution in [0.15, 0.2) is 28.6 Å². The number of benzene rings is 1. The van der Waals surface area contributed by atoms with Gasteiger partial charge in [0, 0.05) is 15.3 Å². The number of aryl methyl sites for hydroxylation is 2. The Labute approximate surface area is 114 Å². The van der Waals surface area contributed by atoms with Crippen molar-refractivity contribution in [2.75, 3.05) is 0 Å². The maximum atomic E-state index is 5.89. The van der Waals surface area contributed by atoms with Crippen LogP contribution in [0.4, 0.5) is 5.69 Å². The molecule has 1 aromatic carbocycles. The molecule has 0 atom stereocenters. The molecule has 0 N–H and O–H groups in total. The van der Waals surface area contributed by atoms with Crippen LogP contribution in [0, 0.1) is 13.8 Å². The molecule has 1 heterocycles. The Hall–Kier alpha value is -0.350. The van der Waals surface area contributed by atoms with Crippen LogP contribution in [0.25, 0.3) is 0 Å². The zero-order valence-corrected chi connectivity index (χ0v) is 12.1. The summed E-state index contributed by atoms with van der Waals surface area (Å²) < 4.78 is 1.08. The van der Waals surface area contributed by atoms with Crippen molar-refractivity contribution in [2.45, 2.75) is 13.8 Å². The first kappa shape index (κ1) is 13.7. The standard InChI is InChI=1S/C11H10ClNS2.ClH/c1-7-5-9(12)3-4-10(7)13-11-14-6-8(2)15-11;/h3-6H,1-2H3;1H. The van der Waals surface area contributed by atoms with Gasteiger partial charge in [-0.25, -0.2) is 4.99 Å². The normalized spacial score (nSPS) is 11.3. The van der Waals surface area contributed by atoms with Crippen molar-refractivity contribution in [3.05, 3.63) is 43.0 Å². The summed E-state index contributed by atoms with van der Waals surface area (Å²) in [4.78, 5) is 5.88. The van der Waals surface area contributed by atoms with Gasteiger partial charge in [0.15, 0.2) is 3.98 Å². The summed E-state index contributed by atoms with van der Waals surface area (Å²) in [6.07, 6.45) is 0. The van der Waals surface area contributed by atoms with E-state index in [1.807, 2.05) is 25.1 Å². The van der Waals surface area contributed by atoms with Crippen molar-refractivity contribution >= 4 is 52.4 Å². The van der Waals surface area contributed by atoms with Crippen LogP contribution in [0.2, 0.25) is 5.02 Å². The highest BCUT2D eigenvalue weighted by Crippen LogP contribution is 2.22. The Morgan fingerprint density at radius 3 is 2.56 bits per heavy atom. The van der Waals surface area contributed by atoms with E-state index >= 15 is 0 Å². The first-order valence-corrected chi connectivity index (χ1v) is 6.59. The molecule has 86 valence electrons. The van der Waals surface area contributed by atoms with E-state index in [1.165, 1.54) is 4.88 Å². The fraction of sp³-hybridized carbons (Fsp3) is 0.182. The molecule has 2 rings (SSSR count). The minimum absolute atomic E-state index is 0. The molecule has 0 saturated carbocycles. The van der Waals surface area contributed by atoms with E-state index in [4.69, 9.17) is 11.6 Å². The second kappa shape index (κ2) is 5.82. The van der Waals surface area contributed by atoms with Crippen molar-refractivity contribution in [3.63, 3.8) is 0 Å². The third-order valence-corrected chi connectivity index (χ3v) is 4.34. The van der Waals surface area contributed by atoms with Crippen molar-refractivity contribution in [3.8, 4) is 0 Å². The third-order valence-electron chi connectivity index (χ3n) is 1.94. The molecular weight excluding hydrogens is 281 g/mol. The SMILES string of the molecule is Cc1csc(=Nc2ccc(Cl)cc2C)s1.Cl. The zero-order chi connectivity index (χ0) is 10.8. The van der Waals surface area contributed by atoms with Gasteiger partial charge in [-0.2, -0.15) is 0 Å². The van der Waals surface area contributed by atoms with E-state index in [2.05, 4.69) is 17.3 Å². The molecule has 0 unspecified atom stereocenters. The fourth-order valence-corrected chi connectivity index (χ4v) is 3.34. The summed E-state index contributed by atoms with van der Waals surface area (Å²) in [5, 5.41) is 2.88. The second-order valence-electron chi connectivity index (χ2n) is 3.26. The van der Waals surface area contributed by atoms with E-state index in [0.29, 0.717) is 0 Å². The fourth-order valence-electron chi connectivity index (χ4n) is 1.21. The summed E-state index contributed by atoms with van der Waals surface area (Å²) in [6, 6.07) is 5.77. The molecule has 1 nitrogen and oxygen atoms in total. The molecule has 0 saturated heterocycles. The summed E-state index contributed by atoms with van der Waals surface area (Å²) in [6.45, 7) is 4.12. The lowest BCUT2D eigenvalue weighted by Crippen LogP contribution is -1.85. The van der Waals surface area contributed by atoms with Crippen LogP contribution in [-0.4, -0.2) is 0 Å². The van der Waals surface area contributed by atoms with Crippen molar-refractivity contribution in [1.82, 2.24) is 0 Å². The highest BCUT2D eigenvalue weighted by Gasteiger charge is 1.97. The van der Waals surface area contributed by atoms with Crippen LogP contribution in [0.3, 0.4) is 0 Å². The monoisotopic (exact) mass is 291 g/mol. The minimum Gasteiger partial charge on any atom is -0.227 e. The van der Waals surface area contributed by atoms with Gasteiger partial charge in [0.25, 0.3) is 0 Å². The van der Waals surface area contributed by atoms with Gasteiger partial charge in [0.2, 0.25) is 0 Å². The maximum Gasteiger partial charge on any atom is 0.171 e. The summed E-state index contributed by atoms with van der Waals surface area (Å²) >= 11 is 9.28. The number of hydrogen-bond acceptors (Lipinski definition) is 3. The smallest absolute Gasteiger partial charge is 0.171 e. The molecule has 0 fully saturated rings. The van der Waals surface area contributed by atoms with Crippen molar-refractivity contribution in [2.24, 2.45) is 4.99 Å². The highest BCUT2D eigenvalue weighted by atomic mass is 35.5. The van der Waals surface area contributed by atoms with Gasteiger partial charge in [0.05, 0.1) is 5.69 Å². The van der Waals surface area contributed by atoms with Crippen LogP contribution < -0.4 is 3.98 Å². The van der Waals surface area contributed by atoms with Gasteiger partial charge in [-0.15, -0.1) is 35.1 Å². The average molecular weight is 292 g/mol. The van der Waals surface area contributed by atoms with Gasteiger partial charge < -0.3 is 0 Å². The largest absolute Gasteiger partial charge is 0.227 e. The molecule has 0 aliphatic heterocycles. The molecule has 0 radical (unpaired) electrons. The van der Waals surface area contributed by atoms with Crippen LogP contribution >= 0.6 is 46.7 Å². The molecule has 16 heavy (non-hydrogen) atoms. The Morgan fingerprint density at radius 2 is 2.00 bits per heavy atom. The number of nitrogens with zero attached hydrogens (tertiary/aromatic N) is 1. The number of hydrogen-bond donors (Lipinski definition) is 0. The minimum atomic E-state index is 0. The summed E-state index contributed by atoms with van der Waals surface area (Å²) in [7, 11) is 0. The van der Waals surface area contributed by atoms with Gasteiger partial charge in [0.1, 0.15) is 0 Å². The lowest BCUT2D eigenvalue weighted by atomic mass is 10.2. The molecule has 0 aliphatic rings. The summed E-state index contributed by atoms with van der Waals surface area (Å²) in [5.74, 6) is 0. The molecule has 0 spiro atoms. The first-order chi connectivity index (χ1) is 7.15. The molecule has 1 aromatic heterocycles. The first-order valence-electron chi connectivity index (χ1n) is 4.51. The Kier molecular flexibility index (Phi) is 4.99. The van der Waals surface area contributed by atoms with Gasteiger partial charge in [-0.3, -0.25) is 0 Å². The molecule has 0 bridgehead atoms. The summed E-state index contributed by atoms with van der Waals surface area (Å²) in [5.41, 5.74) is 2.11. The van der Waals surface area contributed by atoms with Gasteiger partial charge in [-0.05, 0) is 37.6 Å². The zero-order valence-electron chi connectivity index (χ0n) is 8.86. The van der Waals surface area contributed by atoms with E-state index in [9.17, 15) is 0 Å². The van der Waals surface area contributed by atoms with Gasteiger partial charge >= 0.3 is 0 Å². The van der Waals surface area contributed by atoms with E-state index < -0.39 is 0 Å². The van der Waals surface area contributed by atoms with E-state index in [0.717, 1.165) is 20.3 Å². The molecule has 2 aromatic rings. The van der Waals surface area contributed by atoms with Crippen molar-refractivity contribution in [1.29, 1.82) is 0 Å². The lowest BCUT2D eigenvalue weighted by Gasteiger charge is -1.98. The average Bonchev–Trinajstić information content (AvgIpc) is 2.56. The van der Waals surface area contributed by atoms with Gasteiger partial charge in [-0.1, -0.05) is 11.6 Å². The Balaban J connectivity index is 0.00000128. The molecule has 0 aliphatic carbocycles. The maximum absolute atomic E-state index is 5.89. The number of rotatable bonds is 1.